The lowest BCUT2D eigenvalue weighted by Gasteiger charge is -2.18. The normalized spacial score (nSPS) is 13.8. The van der Waals surface area contributed by atoms with E-state index in [0.29, 0.717) is 19.8 Å². The van der Waals surface area contributed by atoms with Gasteiger partial charge in [-0.25, -0.2) is 0 Å². The lowest BCUT2D eigenvalue weighted by molar-refractivity contribution is 0.131. The minimum absolute atomic E-state index is 0.566. The Morgan fingerprint density at radius 2 is 2.13 bits per heavy atom. The topological polar surface area (TPSA) is 27.7 Å². The summed E-state index contributed by atoms with van der Waals surface area (Å²) < 4.78 is 16.0. The molecule has 0 saturated heterocycles. The Morgan fingerprint density at radius 3 is 3.00 bits per heavy atom. The number of benzene rings is 1. The second kappa shape index (κ2) is 4.84. The third-order valence-corrected chi connectivity index (χ3v) is 2.21. The van der Waals surface area contributed by atoms with Gasteiger partial charge in [0.25, 0.3) is 0 Å². The maximum Gasteiger partial charge on any atom is 0.130 e. The Morgan fingerprint density at radius 1 is 1.27 bits per heavy atom. The van der Waals surface area contributed by atoms with Crippen LogP contribution in [0.1, 0.15) is 5.56 Å². The molecule has 1 heterocycles. The van der Waals surface area contributed by atoms with Gasteiger partial charge in [-0.05, 0) is 18.2 Å². The van der Waals surface area contributed by atoms with Gasteiger partial charge in [-0.3, -0.25) is 0 Å². The average Bonchev–Trinajstić information content (AvgIpc) is 2.30. The van der Waals surface area contributed by atoms with Crippen LogP contribution in [0.2, 0.25) is 0 Å². The van der Waals surface area contributed by atoms with Gasteiger partial charge in [0.15, 0.2) is 0 Å². The molecule has 0 atom stereocenters. The van der Waals surface area contributed by atoms with Crippen molar-refractivity contribution in [1.82, 2.24) is 0 Å². The highest BCUT2D eigenvalue weighted by atomic mass is 16.5. The molecule has 2 rings (SSSR count). The first kappa shape index (κ1) is 10.1. The fraction of sp³-hybridized carbons (Fsp3) is 0.333. The van der Waals surface area contributed by atoms with Crippen LogP contribution in [0.3, 0.4) is 0 Å². The van der Waals surface area contributed by atoms with Gasteiger partial charge in [0.05, 0.1) is 12.2 Å². The van der Waals surface area contributed by atoms with Crippen molar-refractivity contribution in [2.24, 2.45) is 0 Å². The first-order chi connectivity index (χ1) is 7.42. The number of rotatable bonds is 4. The van der Waals surface area contributed by atoms with Crippen LogP contribution >= 0.6 is 0 Å². The molecule has 1 aromatic rings. The molecular formula is C12H14O3. The molecule has 1 aliphatic rings. The van der Waals surface area contributed by atoms with Crippen molar-refractivity contribution >= 4 is 5.76 Å². The molecule has 0 unspecified atom stereocenters. The van der Waals surface area contributed by atoms with Crippen molar-refractivity contribution in [3.63, 3.8) is 0 Å². The van der Waals surface area contributed by atoms with Crippen molar-refractivity contribution in [3.8, 4) is 5.75 Å². The zero-order valence-electron chi connectivity index (χ0n) is 8.73. The minimum Gasteiger partial charge on any atom is -0.491 e. The standard InChI is InChI=1S/C12H14O3/c1-13-8-9-15-12-6-7-14-11-5-3-2-4-10(11)12/h2-6H,7-9H2,1H3. The molecule has 15 heavy (non-hydrogen) atoms. The van der Waals surface area contributed by atoms with Gasteiger partial charge in [-0.15, -0.1) is 0 Å². The number of fused-ring (bicyclic) bond motifs is 1. The van der Waals surface area contributed by atoms with Gasteiger partial charge < -0.3 is 14.2 Å². The zero-order valence-corrected chi connectivity index (χ0v) is 8.73. The van der Waals surface area contributed by atoms with Crippen LogP contribution in [0.4, 0.5) is 0 Å². The fourth-order valence-corrected chi connectivity index (χ4v) is 1.48. The molecule has 3 heteroatoms. The smallest absolute Gasteiger partial charge is 0.130 e. The predicted molar refractivity (Wildman–Crippen MR) is 57.7 cm³/mol. The molecule has 0 bridgehead atoms. The Hall–Kier alpha value is -1.48. The van der Waals surface area contributed by atoms with Crippen molar-refractivity contribution < 1.29 is 14.2 Å². The summed E-state index contributed by atoms with van der Waals surface area (Å²) in [5, 5.41) is 0. The second-order valence-corrected chi connectivity index (χ2v) is 3.22. The molecule has 0 spiro atoms. The molecular weight excluding hydrogens is 192 g/mol. The van der Waals surface area contributed by atoms with Gasteiger partial charge in [-0.1, -0.05) is 12.1 Å². The van der Waals surface area contributed by atoms with E-state index < -0.39 is 0 Å². The SMILES string of the molecule is COCCOC1=CCOc2ccccc21. The fourth-order valence-electron chi connectivity index (χ4n) is 1.48. The third-order valence-electron chi connectivity index (χ3n) is 2.21. The summed E-state index contributed by atoms with van der Waals surface area (Å²) in [5.41, 5.74) is 1.01. The molecule has 0 aromatic heterocycles. The average molecular weight is 206 g/mol. The Labute approximate surface area is 89.3 Å². The third kappa shape index (κ3) is 2.30. The highest BCUT2D eigenvalue weighted by Crippen LogP contribution is 2.29. The maximum absolute atomic E-state index is 5.61. The quantitative estimate of drug-likeness (QED) is 0.706. The maximum atomic E-state index is 5.61. The minimum atomic E-state index is 0.566. The van der Waals surface area contributed by atoms with Gasteiger partial charge in [0.2, 0.25) is 0 Å². The van der Waals surface area contributed by atoms with Crippen LogP contribution < -0.4 is 4.74 Å². The van der Waals surface area contributed by atoms with Crippen molar-refractivity contribution in [3.05, 3.63) is 35.9 Å². The molecule has 0 saturated carbocycles. The Kier molecular flexibility index (Phi) is 3.25. The molecule has 1 aromatic carbocycles. The van der Waals surface area contributed by atoms with Crippen LogP contribution in [0.15, 0.2) is 30.3 Å². The van der Waals surface area contributed by atoms with E-state index in [0.717, 1.165) is 17.1 Å². The molecule has 0 radical (unpaired) electrons. The summed E-state index contributed by atoms with van der Waals surface area (Å²) in [4.78, 5) is 0. The number of hydrogen-bond donors (Lipinski definition) is 0. The highest BCUT2D eigenvalue weighted by molar-refractivity contribution is 5.67. The van der Waals surface area contributed by atoms with E-state index in [4.69, 9.17) is 14.2 Å². The lowest BCUT2D eigenvalue weighted by Crippen LogP contribution is -2.08. The van der Waals surface area contributed by atoms with Crippen LogP contribution in [0.5, 0.6) is 5.75 Å². The summed E-state index contributed by atoms with van der Waals surface area (Å²) in [5.74, 6) is 1.77. The van der Waals surface area contributed by atoms with E-state index in [-0.39, 0.29) is 0 Å². The largest absolute Gasteiger partial charge is 0.491 e. The summed E-state index contributed by atoms with van der Waals surface area (Å²) in [7, 11) is 1.66. The predicted octanol–water partition coefficient (Wildman–Crippen LogP) is 2.08. The Bertz CT molecular complexity index is 358. The van der Waals surface area contributed by atoms with Gasteiger partial charge >= 0.3 is 0 Å². The summed E-state index contributed by atoms with van der Waals surface area (Å²) in [6.45, 7) is 1.73. The van der Waals surface area contributed by atoms with Crippen LogP contribution in [0, 0.1) is 0 Å². The monoisotopic (exact) mass is 206 g/mol. The van der Waals surface area contributed by atoms with Gasteiger partial charge in [-0.2, -0.15) is 0 Å². The number of hydrogen-bond acceptors (Lipinski definition) is 3. The molecule has 0 fully saturated rings. The van der Waals surface area contributed by atoms with E-state index in [1.165, 1.54) is 0 Å². The lowest BCUT2D eigenvalue weighted by atomic mass is 10.1. The molecule has 0 amide bonds. The van der Waals surface area contributed by atoms with Crippen LogP contribution in [-0.4, -0.2) is 26.9 Å². The van der Waals surface area contributed by atoms with Crippen molar-refractivity contribution in [1.29, 1.82) is 0 Å². The van der Waals surface area contributed by atoms with E-state index in [1.54, 1.807) is 7.11 Å². The summed E-state index contributed by atoms with van der Waals surface area (Å²) in [6.07, 6.45) is 1.94. The molecule has 80 valence electrons. The zero-order chi connectivity index (χ0) is 10.5. The second-order valence-electron chi connectivity index (χ2n) is 3.22. The van der Waals surface area contributed by atoms with Gasteiger partial charge in [0.1, 0.15) is 24.7 Å². The number of methoxy groups -OCH3 is 1. The first-order valence-electron chi connectivity index (χ1n) is 4.96. The number of para-hydroxylation sites is 1. The first-order valence-corrected chi connectivity index (χ1v) is 4.96. The molecule has 0 N–H and O–H groups in total. The van der Waals surface area contributed by atoms with E-state index in [1.807, 2.05) is 30.3 Å². The van der Waals surface area contributed by atoms with Crippen molar-refractivity contribution in [2.75, 3.05) is 26.9 Å². The summed E-state index contributed by atoms with van der Waals surface area (Å²) in [6, 6.07) is 7.87. The number of ether oxygens (including phenoxy) is 3. The molecule has 1 aliphatic heterocycles. The molecule has 3 nitrogen and oxygen atoms in total. The van der Waals surface area contributed by atoms with Crippen LogP contribution in [-0.2, 0) is 9.47 Å². The van der Waals surface area contributed by atoms with Gasteiger partial charge in [0, 0.05) is 7.11 Å². The Balaban J connectivity index is 2.09. The van der Waals surface area contributed by atoms with E-state index >= 15 is 0 Å². The van der Waals surface area contributed by atoms with E-state index in [9.17, 15) is 0 Å². The van der Waals surface area contributed by atoms with Crippen molar-refractivity contribution in [2.45, 2.75) is 0 Å². The van der Waals surface area contributed by atoms with E-state index in [2.05, 4.69) is 0 Å². The van der Waals surface area contributed by atoms with Crippen LogP contribution in [0.25, 0.3) is 5.76 Å². The summed E-state index contributed by atoms with van der Waals surface area (Å²) >= 11 is 0. The highest BCUT2D eigenvalue weighted by Gasteiger charge is 2.13. The molecule has 0 aliphatic carbocycles.